The summed E-state index contributed by atoms with van der Waals surface area (Å²) in [6, 6.07) is 0. The van der Waals surface area contributed by atoms with Crippen molar-refractivity contribution in [1.29, 1.82) is 0 Å². The average molecular weight is 327 g/mol. The normalized spacial score (nSPS) is 16.0. The molecular formula is C16H33N5O2. The van der Waals surface area contributed by atoms with E-state index in [1.54, 1.807) is 4.90 Å². The Labute approximate surface area is 140 Å². The predicted molar refractivity (Wildman–Crippen MR) is 93.9 cm³/mol. The zero-order valence-electron chi connectivity index (χ0n) is 15.8. The van der Waals surface area contributed by atoms with Crippen molar-refractivity contribution in [3.05, 3.63) is 0 Å². The lowest BCUT2D eigenvalue weighted by molar-refractivity contribution is 0.0148. The Kier molecular flexibility index (Phi) is 7.12. The summed E-state index contributed by atoms with van der Waals surface area (Å²) < 4.78 is 5.41. The van der Waals surface area contributed by atoms with Gasteiger partial charge in [0.25, 0.3) is 0 Å². The number of carbonyl (C=O) groups excluding carboxylic acids is 1. The maximum Gasteiger partial charge on any atom is 0.410 e. The number of hydrogen-bond acceptors (Lipinski definition) is 4. The van der Waals surface area contributed by atoms with E-state index in [0.29, 0.717) is 13.1 Å². The van der Waals surface area contributed by atoms with Crippen LogP contribution in [0.15, 0.2) is 4.99 Å². The Bertz CT molecular complexity index is 397. The highest BCUT2D eigenvalue weighted by Crippen LogP contribution is 2.11. The molecular weight excluding hydrogens is 294 g/mol. The van der Waals surface area contributed by atoms with E-state index < -0.39 is 5.60 Å². The number of hydrogen-bond donors (Lipinski definition) is 0. The molecule has 1 aliphatic rings. The summed E-state index contributed by atoms with van der Waals surface area (Å²) in [6.45, 7) is 10.5. The molecule has 0 unspecified atom stereocenters. The number of guanidine groups is 1. The fourth-order valence-corrected chi connectivity index (χ4v) is 2.45. The van der Waals surface area contributed by atoms with Crippen molar-refractivity contribution in [3.63, 3.8) is 0 Å². The highest BCUT2D eigenvalue weighted by Gasteiger charge is 2.25. The Morgan fingerprint density at radius 3 is 2.00 bits per heavy atom. The lowest BCUT2D eigenvalue weighted by Gasteiger charge is -2.35. The van der Waals surface area contributed by atoms with Crippen molar-refractivity contribution in [2.75, 3.05) is 67.5 Å². The molecule has 0 aromatic carbocycles. The van der Waals surface area contributed by atoms with Crippen molar-refractivity contribution < 1.29 is 9.53 Å². The molecule has 7 heteroatoms. The summed E-state index contributed by atoms with van der Waals surface area (Å²) in [6.07, 6.45) is -0.210. The molecule has 1 amide bonds. The maximum atomic E-state index is 12.0. The minimum atomic E-state index is -0.433. The van der Waals surface area contributed by atoms with E-state index in [4.69, 9.17) is 4.74 Å². The van der Waals surface area contributed by atoms with Crippen LogP contribution in [0.4, 0.5) is 4.79 Å². The lowest BCUT2D eigenvalue weighted by Crippen LogP contribution is -2.50. The van der Waals surface area contributed by atoms with Crippen LogP contribution in [0.2, 0.25) is 0 Å². The number of amides is 1. The monoisotopic (exact) mass is 327 g/mol. The SMILES string of the molecule is CN(C)C(=NCCN1CCN(C(=O)OC(C)(C)C)CC1)N(C)C. The maximum absolute atomic E-state index is 12.0. The van der Waals surface area contributed by atoms with E-state index >= 15 is 0 Å². The Hall–Kier alpha value is -1.50. The fourth-order valence-electron chi connectivity index (χ4n) is 2.45. The van der Waals surface area contributed by atoms with E-state index in [9.17, 15) is 4.79 Å². The van der Waals surface area contributed by atoms with Gasteiger partial charge in [0, 0.05) is 60.9 Å². The fraction of sp³-hybridized carbons (Fsp3) is 0.875. The largest absolute Gasteiger partial charge is 0.444 e. The summed E-state index contributed by atoms with van der Waals surface area (Å²) >= 11 is 0. The van der Waals surface area contributed by atoms with Gasteiger partial charge in [0.1, 0.15) is 5.60 Å². The van der Waals surface area contributed by atoms with E-state index in [1.165, 1.54) is 0 Å². The average Bonchev–Trinajstić information content (AvgIpc) is 2.41. The van der Waals surface area contributed by atoms with Crippen LogP contribution in [-0.4, -0.2) is 105 Å². The molecule has 0 aromatic rings. The number of rotatable bonds is 3. The first-order chi connectivity index (χ1) is 10.6. The molecule has 1 fully saturated rings. The third-order valence-corrected chi connectivity index (χ3v) is 3.49. The zero-order valence-corrected chi connectivity index (χ0v) is 15.8. The molecule has 134 valence electrons. The van der Waals surface area contributed by atoms with Gasteiger partial charge in [-0.15, -0.1) is 0 Å². The third kappa shape index (κ3) is 7.07. The quantitative estimate of drug-likeness (QED) is 0.572. The minimum Gasteiger partial charge on any atom is -0.444 e. The number of aliphatic imine (C=N–C) groups is 1. The number of piperazine rings is 1. The first-order valence-corrected chi connectivity index (χ1v) is 8.19. The molecule has 0 atom stereocenters. The Morgan fingerprint density at radius 1 is 1.04 bits per heavy atom. The van der Waals surface area contributed by atoms with Gasteiger partial charge in [-0.2, -0.15) is 0 Å². The van der Waals surface area contributed by atoms with Crippen molar-refractivity contribution in [3.8, 4) is 0 Å². The minimum absolute atomic E-state index is 0.210. The molecule has 0 radical (unpaired) electrons. The smallest absolute Gasteiger partial charge is 0.410 e. The van der Waals surface area contributed by atoms with E-state index in [1.807, 2.05) is 58.8 Å². The predicted octanol–water partition coefficient (Wildman–Crippen LogP) is 1.02. The number of nitrogens with zero attached hydrogens (tertiary/aromatic N) is 5. The van der Waals surface area contributed by atoms with Crippen molar-refractivity contribution >= 4 is 12.1 Å². The van der Waals surface area contributed by atoms with Gasteiger partial charge in [-0.3, -0.25) is 9.89 Å². The van der Waals surface area contributed by atoms with Crippen LogP contribution < -0.4 is 0 Å². The third-order valence-electron chi connectivity index (χ3n) is 3.49. The summed E-state index contributed by atoms with van der Waals surface area (Å²) in [5.74, 6) is 0.970. The molecule has 1 heterocycles. The second-order valence-electron chi connectivity index (χ2n) is 7.28. The van der Waals surface area contributed by atoms with Gasteiger partial charge in [0.05, 0.1) is 6.54 Å². The standard InChI is InChI=1S/C16H33N5O2/c1-16(2,3)23-15(22)21-12-10-20(11-13-21)9-8-17-14(18(4)5)19(6)7/h8-13H2,1-7H3. The van der Waals surface area contributed by atoms with Crippen LogP contribution in [-0.2, 0) is 4.74 Å². The van der Waals surface area contributed by atoms with Gasteiger partial charge in [-0.05, 0) is 20.8 Å². The molecule has 1 rings (SSSR count). The second kappa shape index (κ2) is 8.38. The molecule has 0 aliphatic carbocycles. The van der Waals surface area contributed by atoms with Gasteiger partial charge in [-0.25, -0.2) is 4.79 Å². The highest BCUT2D eigenvalue weighted by molar-refractivity contribution is 5.79. The first-order valence-electron chi connectivity index (χ1n) is 8.19. The Balaban J connectivity index is 2.37. The van der Waals surface area contributed by atoms with Crippen LogP contribution in [0.5, 0.6) is 0 Å². The number of carbonyl (C=O) groups is 1. The highest BCUT2D eigenvalue weighted by atomic mass is 16.6. The number of ether oxygens (including phenoxy) is 1. The van der Waals surface area contributed by atoms with Crippen LogP contribution in [0.1, 0.15) is 20.8 Å². The summed E-state index contributed by atoms with van der Waals surface area (Å²) in [5, 5.41) is 0. The molecule has 1 saturated heterocycles. The van der Waals surface area contributed by atoms with Crippen LogP contribution >= 0.6 is 0 Å². The van der Waals surface area contributed by atoms with Gasteiger partial charge in [0.15, 0.2) is 5.96 Å². The summed E-state index contributed by atoms with van der Waals surface area (Å²) in [5.41, 5.74) is -0.433. The summed E-state index contributed by atoms with van der Waals surface area (Å²) in [4.78, 5) is 24.8. The second-order valence-corrected chi connectivity index (χ2v) is 7.28. The Morgan fingerprint density at radius 2 is 1.57 bits per heavy atom. The van der Waals surface area contributed by atoms with Crippen LogP contribution in [0.25, 0.3) is 0 Å². The van der Waals surface area contributed by atoms with E-state index in [-0.39, 0.29) is 6.09 Å². The molecule has 0 bridgehead atoms. The molecule has 0 saturated carbocycles. The van der Waals surface area contributed by atoms with Crippen LogP contribution in [0.3, 0.4) is 0 Å². The van der Waals surface area contributed by atoms with Gasteiger partial charge >= 0.3 is 6.09 Å². The van der Waals surface area contributed by atoms with Crippen LogP contribution in [0, 0.1) is 0 Å². The molecule has 23 heavy (non-hydrogen) atoms. The molecule has 1 aliphatic heterocycles. The van der Waals surface area contributed by atoms with Gasteiger partial charge < -0.3 is 19.4 Å². The molecule has 0 aromatic heterocycles. The lowest BCUT2D eigenvalue weighted by atomic mass is 10.2. The topological polar surface area (TPSA) is 51.6 Å². The summed E-state index contributed by atoms with van der Waals surface area (Å²) in [7, 11) is 7.99. The van der Waals surface area contributed by atoms with Crippen molar-refractivity contribution in [2.24, 2.45) is 4.99 Å². The van der Waals surface area contributed by atoms with Gasteiger partial charge in [0.2, 0.25) is 0 Å². The van der Waals surface area contributed by atoms with E-state index in [0.717, 1.165) is 32.1 Å². The molecule has 0 N–H and O–H groups in total. The zero-order chi connectivity index (χ0) is 17.6. The van der Waals surface area contributed by atoms with E-state index in [2.05, 4.69) is 9.89 Å². The van der Waals surface area contributed by atoms with Crippen molar-refractivity contribution in [1.82, 2.24) is 19.6 Å². The molecule has 7 nitrogen and oxygen atoms in total. The van der Waals surface area contributed by atoms with Gasteiger partial charge in [-0.1, -0.05) is 0 Å². The first kappa shape index (κ1) is 19.5. The molecule has 0 spiro atoms. The van der Waals surface area contributed by atoms with Crippen molar-refractivity contribution in [2.45, 2.75) is 26.4 Å².